The SMILES string of the molecule is C[C@@H]1CCCN([C@H](C)CNC(=O)c2cccnc2)C1. The Kier molecular flexibility index (Phi) is 4.91. The van der Waals surface area contributed by atoms with Gasteiger partial charge in [0.15, 0.2) is 0 Å². The van der Waals surface area contributed by atoms with E-state index in [9.17, 15) is 4.79 Å². The molecule has 2 rings (SSSR count). The van der Waals surface area contributed by atoms with Gasteiger partial charge in [-0.1, -0.05) is 6.92 Å². The van der Waals surface area contributed by atoms with Gasteiger partial charge in [0, 0.05) is 31.5 Å². The Morgan fingerprint density at radius 1 is 1.63 bits per heavy atom. The Hall–Kier alpha value is -1.42. The Bertz CT molecular complexity index is 407. The summed E-state index contributed by atoms with van der Waals surface area (Å²) >= 11 is 0. The molecule has 4 heteroatoms. The lowest BCUT2D eigenvalue weighted by Gasteiger charge is -2.35. The second-order valence-electron chi connectivity index (χ2n) is 5.54. The molecule has 0 aromatic carbocycles. The number of carbonyl (C=O) groups is 1. The molecule has 0 bridgehead atoms. The zero-order chi connectivity index (χ0) is 13.7. The third-order valence-corrected chi connectivity index (χ3v) is 3.79. The van der Waals surface area contributed by atoms with E-state index in [4.69, 9.17) is 0 Å². The Morgan fingerprint density at radius 3 is 3.16 bits per heavy atom. The summed E-state index contributed by atoms with van der Waals surface area (Å²) in [5.41, 5.74) is 0.627. The smallest absolute Gasteiger partial charge is 0.252 e. The van der Waals surface area contributed by atoms with Crippen molar-refractivity contribution in [3.8, 4) is 0 Å². The van der Waals surface area contributed by atoms with E-state index in [1.165, 1.54) is 12.8 Å². The third kappa shape index (κ3) is 4.03. The highest BCUT2D eigenvalue weighted by atomic mass is 16.1. The molecule has 19 heavy (non-hydrogen) atoms. The summed E-state index contributed by atoms with van der Waals surface area (Å²) in [6, 6.07) is 3.96. The molecule has 2 heterocycles. The molecule has 0 aliphatic carbocycles. The van der Waals surface area contributed by atoms with Crippen LogP contribution >= 0.6 is 0 Å². The first-order valence-corrected chi connectivity index (χ1v) is 7.09. The van der Waals surface area contributed by atoms with Gasteiger partial charge in [-0.2, -0.15) is 0 Å². The van der Waals surface area contributed by atoms with Crippen LogP contribution in [0.3, 0.4) is 0 Å². The number of rotatable bonds is 4. The van der Waals surface area contributed by atoms with Crippen LogP contribution in [-0.2, 0) is 0 Å². The number of nitrogens with zero attached hydrogens (tertiary/aromatic N) is 2. The molecule has 1 N–H and O–H groups in total. The van der Waals surface area contributed by atoms with E-state index in [-0.39, 0.29) is 5.91 Å². The molecule has 1 aromatic rings. The van der Waals surface area contributed by atoms with Gasteiger partial charge in [-0.05, 0) is 44.4 Å². The summed E-state index contributed by atoms with van der Waals surface area (Å²) in [6.07, 6.45) is 5.87. The molecule has 2 atom stereocenters. The fourth-order valence-corrected chi connectivity index (χ4v) is 2.59. The molecular weight excluding hydrogens is 238 g/mol. The molecule has 0 unspecified atom stereocenters. The normalized spacial score (nSPS) is 21.9. The zero-order valence-electron chi connectivity index (χ0n) is 11.8. The first-order chi connectivity index (χ1) is 9.16. The van der Waals surface area contributed by atoms with Crippen molar-refractivity contribution in [2.45, 2.75) is 32.7 Å². The Labute approximate surface area is 115 Å². The van der Waals surface area contributed by atoms with E-state index in [1.807, 2.05) is 0 Å². The number of nitrogens with one attached hydrogen (secondary N) is 1. The third-order valence-electron chi connectivity index (χ3n) is 3.79. The van der Waals surface area contributed by atoms with Crippen LogP contribution < -0.4 is 5.32 Å². The zero-order valence-corrected chi connectivity index (χ0v) is 11.8. The van der Waals surface area contributed by atoms with Gasteiger partial charge in [0.2, 0.25) is 0 Å². The highest BCUT2D eigenvalue weighted by Crippen LogP contribution is 2.17. The van der Waals surface area contributed by atoms with Gasteiger partial charge in [-0.3, -0.25) is 14.7 Å². The fourth-order valence-electron chi connectivity index (χ4n) is 2.59. The summed E-state index contributed by atoms with van der Waals surface area (Å²) in [6.45, 7) is 7.47. The maximum absolute atomic E-state index is 11.9. The van der Waals surface area contributed by atoms with Crippen molar-refractivity contribution in [3.63, 3.8) is 0 Å². The lowest BCUT2D eigenvalue weighted by Crippen LogP contribution is -2.46. The number of likely N-dealkylation sites (tertiary alicyclic amines) is 1. The number of aromatic nitrogens is 1. The molecule has 1 saturated heterocycles. The maximum atomic E-state index is 11.9. The van der Waals surface area contributed by atoms with Gasteiger partial charge >= 0.3 is 0 Å². The number of carbonyl (C=O) groups excluding carboxylic acids is 1. The van der Waals surface area contributed by atoms with Crippen molar-refractivity contribution in [2.24, 2.45) is 5.92 Å². The molecule has 4 nitrogen and oxygen atoms in total. The standard InChI is InChI=1S/C15H23N3O/c1-12-5-4-8-18(11-12)13(2)9-17-15(19)14-6-3-7-16-10-14/h3,6-7,10,12-13H,4-5,8-9,11H2,1-2H3,(H,17,19)/t12-,13-/m1/s1. The molecule has 1 aromatic heterocycles. The van der Waals surface area contributed by atoms with E-state index in [0.29, 0.717) is 18.2 Å². The molecule has 0 saturated carbocycles. The first-order valence-electron chi connectivity index (χ1n) is 7.09. The van der Waals surface area contributed by atoms with Crippen molar-refractivity contribution >= 4 is 5.91 Å². The van der Waals surface area contributed by atoms with E-state index in [2.05, 4.69) is 29.0 Å². The predicted molar refractivity (Wildman–Crippen MR) is 76.0 cm³/mol. The number of hydrogen-bond donors (Lipinski definition) is 1. The molecule has 1 aliphatic heterocycles. The van der Waals surface area contributed by atoms with Crippen LogP contribution in [0.1, 0.15) is 37.0 Å². The molecule has 1 amide bonds. The van der Waals surface area contributed by atoms with Crippen LogP contribution in [0.15, 0.2) is 24.5 Å². The number of hydrogen-bond acceptors (Lipinski definition) is 3. The van der Waals surface area contributed by atoms with Gasteiger partial charge in [-0.25, -0.2) is 0 Å². The highest BCUT2D eigenvalue weighted by molar-refractivity contribution is 5.93. The van der Waals surface area contributed by atoms with Crippen molar-refractivity contribution in [2.75, 3.05) is 19.6 Å². The maximum Gasteiger partial charge on any atom is 0.252 e. The van der Waals surface area contributed by atoms with Crippen molar-refractivity contribution < 1.29 is 4.79 Å². The second kappa shape index (κ2) is 6.66. The molecule has 0 radical (unpaired) electrons. The summed E-state index contributed by atoms with van der Waals surface area (Å²) in [5, 5.41) is 2.99. The van der Waals surface area contributed by atoms with Gasteiger partial charge in [0.05, 0.1) is 5.56 Å². The van der Waals surface area contributed by atoms with Crippen LogP contribution in [-0.4, -0.2) is 41.5 Å². The molecule has 1 fully saturated rings. The molecule has 104 valence electrons. The first kappa shape index (κ1) is 14.0. The molecule has 0 spiro atoms. The van der Waals surface area contributed by atoms with Gasteiger partial charge < -0.3 is 5.32 Å². The highest BCUT2D eigenvalue weighted by Gasteiger charge is 2.21. The Balaban J connectivity index is 1.80. The van der Waals surface area contributed by atoms with Gasteiger partial charge in [-0.15, -0.1) is 0 Å². The minimum absolute atomic E-state index is 0.0370. The fraction of sp³-hybridized carbons (Fsp3) is 0.600. The van der Waals surface area contributed by atoms with E-state index < -0.39 is 0 Å². The lowest BCUT2D eigenvalue weighted by molar-refractivity contribution is 0.0917. The summed E-state index contributed by atoms with van der Waals surface area (Å²) in [7, 11) is 0. The van der Waals surface area contributed by atoms with Crippen LogP contribution in [0.5, 0.6) is 0 Å². The number of piperidine rings is 1. The van der Waals surface area contributed by atoms with Crippen molar-refractivity contribution in [1.82, 2.24) is 15.2 Å². The van der Waals surface area contributed by atoms with Crippen molar-refractivity contribution in [3.05, 3.63) is 30.1 Å². The minimum Gasteiger partial charge on any atom is -0.350 e. The van der Waals surface area contributed by atoms with Crippen LogP contribution in [0.2, 0.25) is 0 Å². The summed E-state index contributed by atoms with van der Waals surface area (Å²) in [4.78, 5) is 18.4. The van der Waals surface area contributed by atoms with Crippen LogP contribution in [0.4, 0.5) is 0 Å². The largest absolute Gasteiger partial charge is 0.350 e. The van der Waals surface area contributed by atoms with E-state index in [0.717, 1.165) is 19.0 Å². The predicted octanol–water partition coefficient (Wildman–Crippen LogP) is 1.93. The van der Waals surface area contributed by atoms with Crippen LogP contribution in [0.25, 0.3) is 0 Å². The minimum atomic E-state index is -0.0370. The van der Waals surface area contributed by atoms with Gasteiger partial charge in [0.1, 0.15) is 0 Å². The Morgan fingerprint density at radius 2 is 2.47 bits per heavy atom. The van der Waals surface area contributed by atoms with E-state index >= 15 is 0 Å². The summed E-state index contributed by atoms with van der Waals surface area (Å²) < 4.78 is 0. The summed E-state index contributed by atoms with van der Waals surface area (Å²) in [5.74, 6) is 0.732. The monoisotopic (exact) mass is 261 g/mol. The van der Waals surface area contributed by atoms with Crippen LogP contribution in [0, 0.1) is 5.92 Å². The van der Waals surface area contributed by atoms with Crippen molar-refractivity contribution in [1.29, 1.82) is 0 Å². The average molecular weight is 261 g/mol. The quantitative estimate of drug-likeness (QED) is 0.901. The average Bonchev–Trinajstić information content (AvgIpc) is 2.45. The lowest BCUT2D eigenvalue weighted by atomic mass is 9.99. The second-order valence-corrected chi connectivity index (χ2v) is 5.54. The molecule has 1 aliphatic rings. The number of pyridine rings is 1. The topological polar surface area (TPSA) is 45.2 Å². The van der Waals surface area contributed by atoms with E-state index in [1.54, 1.807) is 24.5 Å². The number of amides is 1. The van der Waals surface area contributed by atoms with Gasteiger partial charge in [0.25, 0.3) is 5.91 Å². The molecular formula is C15H23N3O.